The second kappa shape index (κ2) is 13.3. The zero-order valence-electron chi connectivity index (χ0n) is 19.4. The second-order valence-electron chi connectivity index (χ2n) is 7.11. The Morgan fingerprint density at radius 2 is 1.54 bits per heavy atom. The highest BCUT2D eigenvalue weighted by molar-refractivity contribution is 5.96. The number of rotatable bonds is 11. The van der Waals surface area contributed by atoms with E-state index in [1.165, 1.54) is 36.4 Å². The van der Waals surface area contributed by atoms with E-state index in [4.69, 9.17) is 25.4 Å². The zero-order valence-corrected chi connectivity index (χ0v) is 19.4. The molecule has 1 atom stereocenters. The molecular formula is C25H27N3O7. The predicted octanol–water partition coefficient (Wildman–Crippen LogP) is 2.20. The molecule has 4 N–H and O–H groups in total. The van der Waals surface area contributed by atoms with Gasteiger partial charge in [0.05, 0.1) is 25.2 Å². The normalized spacial score (nSPS) is 11.4. The minimum Gasteiger partial charge on any atom is -0.466 e. The van der Waals surface area contributed by atoms with Crippen molar-refractivity contribution in [2.75, 3.05) is 13.2 Å². The van der Waals surface area contributed by atoms with Crippen molar-refractivity contribution in [2.24, 2.45) is 5.73 Å². The minimum absolute atomic E-state index is 0.0874. The van der Waals surface area contributed by atoms with E-state index in [0.717, 1.165) is 0 Å². The number of esters is 3. The van der Waals surface area contributed by atoms with Crippen LogP contribution < -0.4 is 15.8 Å². The Hall–Kier alpha value is -4.47. The lowest BCUT2D eigenvalue weighted by Gasteiger charge is -2.15. The predicted molar refractivity (Wildman–Crippen MR) is 128 cm³/mol. The average molecular weight is 482 g/mol. The number of amidine groups is 1. The van der Waals surface area contributed by atoms with E-state index < -0.39 is 29.9 Å². The molecule has 0 saturated carbocycles. The summed E-state index contributed by atoms with van der Waals surface area (Å²) in [5.41, 5.74) is 6.81. The molecule has 1 amide bonds. The maximum Gasteiger partial charge on any atom is 0.343 e. The summed E-state index contributed by atoms with van der Waals surface area (Å²) >= 11 is 0. The summed E-state index contributed by atoms with van der Waals surface area (Å²) in [5, 5.41) is 9.81. The molecule has 0 fully saturated rings. The molecule has 2 rings (SSSR count). The third-order valence-corrected chi connectivity index (χ3v) is 4.51. The monoisotopic (exact) mass is 481 g/mol. The Labute approximate surface area is 202 Å². The first-order valence-corrected chi connectivity index (χ1v) is 10.8. The van der Waals surface area contributed by atoms with Crippen LogP contribution >= 0.6 is 0 Å². The van der Waals surface area contributed by atoms with E-state index in [2.05, 4.69) is 5.32 Å². The fraction of sp³-hybridized carbons (Fsp3) is 0.240. The van der Waals surface area contributed by atoms with Crippen LogP contribution in [0.2, 0.25) is 0 Å². The number of nitrogens with two attached hydrogens (primary N) is 1. The first-order valence-electron chi connectivity index (χ1n) is 10.8. The zero-order chi connectivity index (χ0) is 25.8. The number of carbonyl (C=O) groups excluding carboxylic acids is 4. The van der Waals surface area contributed by atoms with Gasteiger partial charge in [0.15, 0.2) is 0 Å². The van der Waals surface area contributed by atoms with Crippen molar-refractivity contribution in [3.63, 3.8) is 0 Å². The van der Waals surface area contributed by atoms with Gasteiger partial charge in [-0.3, -0.25) is 15.0 Å². The van der Waals surface area contributed by atoms with Gasteiger partial charge in [-0.05, 0) is 61.9 Å². The van der Waals surface area contributed by atoms with E-state index in [-0.39, 0.29) is 25.5 Å². The van der Waals surface area contributed by atoms with Gasteiger partial charge in [0.2, 0.25) is 5.91 Å². The van der Waals surface area contributed by atoms with Crippen LogP contribution in [0.4, 0.5) is 0 Å². The topological polar surface area (TPSA) is 158 Å². The van der Waals surface area contributed by atoms with E-state index in [1.54, 1.807) is 38.1 Å². The van der Waals surface area contributed by atoms with Crippen molar-refractivity contribution in [2.45, 2.75) is 26.3 Å². The average Bonchev–Trinajstić information content (AvgIpc) is 2.83. The molecule has 0 aliphatic rings. The smallest absolute Gasteiger partial charge is 0.343 e. The van der Waals surface area contributed by atoms with Crippen molar-refractivity contribution in [1.82, 2.24) is 5.32 Å². The van der Waals surface area contributed by atoms with Gasteiger partial charge in [-0.2, -0.15) is 0 Å². The van der Waals surface area contributed by atoms with Crippen LogP contribution in [-0.4, -0.2) is 48.9 Å². The van der Waals surface area contributed by atoms with Crippen molar-refractivity contribution in [3.05, 3.63) is 71.3 Å². The van der Waals surface area contributed by atoms with E-state index in [1.807, 2.05) is 0 Å². The number of nitrogens with one attached hydrogen (secondary N) is 2. The molecule has 2 aromatic carbocycles. The number of hydrogen-bond donors (Lipinski definition) is 3. The first-order chi connectivity index (χ1) is 16.7. The number of amides is 1. The summed E-state index contributed by atoms with van der Waals surface area (Å²) in [6.07, 6.45) is 2.33. The lowest BCUT2D eigenvalue weighted by atomic mass is 10.1. The lowest BCUT2D eigenvalue weighted by Crippen LogP contribution is -2.42. The number of ether oxygens (including phenoxy) is 3. The Bertz CT molecular complexity index is 1090. The molecule has 184 valence electrons. The molecule has 0 saturated heterocycles. The quantitative estimate of drug-likeness (QED) is 0.145. The SMILES string of the molecule is CCOC(=O)C[C@H](NC(=O)/C=C/c1ccc(C(=O)Oc2ccc(C(=N)N)cc2)cc1)C(=O)OCC. The van der Waals surface area contributed by atoms with Crippen LogP contribution in [-0.2, 0) is 23.9 Å². The molecule has 10 heteroatoms. The van der Waals surface area contributed by atoms with Gasteiger partial charge in [-0.25, -0.2) is 9.59 Å². The van der Waals surface area contributed by atoms with Crippen molar-refractivity contribution in [1.29, 1.82) is 5.41 Å². The number of nitrogen functional groups attached to an aromatic ring is 1. The number of carbonyl (C=O) groups is 4. The maximum absolute atomic E-state index is 12.3. The van der Waals surface area contributed by atoms with Gasteiger partial charge in [-0.1, -0.05) is 12.1 Å². The highest BCUT2D eigenvalue weighted by Crippen LogP contribution is 2.15. The van der Waals surface area contributed by atoms with Gasteiger partial charge in [-0.15, -0.1) is 0 Å². The van der Waals surface area contributed by atoms with E-state index in [9.17, 15) is 19.2 Å². The molecule has 35 heavy (non-hydrogen) atoms. The highest BCUT2D eigenvalue weighted by Gasteiger charge is 2.25. The van der Waals surface area contributed by atoms with Crippen LogP contribution in [0.1, 0.15) is 41.8 Å². The van der Waals surface area contributed by atoms with Crippen molar-refractivity contribution >= 4 is 35.7 Å². The van der Waals surface area contributed by atoms with Crippen molar-refractivity contribution in [3.8, 4) is 5.75 Å². The molecule has 0 heterocycles. The largest absolute Gasteiger partial charge is 0.466 e. The van der Waals surface area contributed by atoms with Gasteiger partial charge in [0.25, 0.3) is 0 Å². The molecule has 0 aliphatic carbocycles. The summed E-state index contributed by atoms with van der Waals surface area (Å²) in [5.74, 6) is -2.33. The summed E-state index contributed by atoms with van der Waals surface area (Å²) < 4.78 is 15.0. The third kappa shape index (κ3) is 8.77. The standard InChI is InChI=1S/C25H27N3O7/c1-3-33-22(30)15-20(25(32)34-4-2)28-21(29)14-7-16-5-8-18(9-6-16)24(31)35-19-12-10-17(11-13-19)23(26)27/h5-14,20H,3-4,15H2,1-2H3,(H3,26,27)(H,28,29)/b14-7+/t20-/m0/s1. The Balaban J connectivity index is 1.97. The minimum atomic E-state index is -1.17. The first kappa shape index (κ1) is 26.8. The molecule has 0 aliphatic heterocycles. The third-order valence-electron chi connectivity index (χ3n) is 4.51. The van der Waals surface area contributed by atoms with Crippen LogP contribution in [0, 0.1) is 5.41 Å². The van der Waals surface area contributed by atoms with Gasteiger partial charge < -0.3 is 25.3 Å². The molecule has 2 aromatic rings. The van der Waals surface area contributed by atoms with Crippen LogP contribution in [0.5, 0.6) is 5.75 Å². The molecule has 0 bridgehead atoms. The summed E-state index contributed by atoms with van der Waals surface area (Å²) in [4.78, 5) is 48.4. The van der Waals surface area contributed by atoms with Crippen LogP contribution in [0.15, 0.2) is 54.6 Å². The van der Waals surface area contributed by atoms with Crippen LogP contribution in [0.25, 0.3) is 6.08 Å². The molecule has 0 aromatic heterocycles. The van der Waals surface area contributed by atoms with E-state index >= 15 is 0 Å². The van der Waals surface area contributed by atoms with E-state index in [0.29, 0.717) is 22.4 Å². The summed E-state index contributed by atoms with van der Waals surface area (Å²) in [6, 6.07) is 11.3. The molecule has 0 spiro atoms. The summed E-state index contributed by atoms with van der Waals surface area (Å²) in [6.45, 7) is 3.50. The van der Waals surface area contributed by atoms with Gasteiger partial charge in [0, 0.05) is 11.6 Å². The fourth-order valence-electron chi connectivity index (χ4n) is 2.81. The van der Waals surface area contributed by atoms with Gasteiger partial charge >= 0.3 is 17.9 Å². The molecule has 0 unspecified atom stereocenters. The Kier molecular flexibility index (Phi) is 10.2. The Morgan fingerprint density at radius 3 is 2.11 bits per heavy atom. The van der Waals surface area contributed by atoms with Gasteiger partial charge in [0.1, 0.15) is 17.6 Å². The fourth-order valence-corrected chi connectivity index (χ4v) is 2.81. The lowest BCUT2D eigenvalue weighted by molar-refractivity contribution is -0.153. The molecule has 0 radical (unpaired) electrons. The Morgan fingerprint density at radius 1 is 0.943 bits per heavy atom. The highest BCUT2D eigenvalue weighted by atomic mass is 16.5. The maximum atomic E-state index is 12.3. The second-order valence-corrected chi connectivity index (χ2v) is 7.11. The summed E-state index contributed by atoms with van der Waals surface area (Å²) in [7, 11) is 0. The van der Waals surface area contributed by atoms with Crippen LogP contribution in [0.3, 0.4) is 0 Å². The number of hydrogen-bond acceptors (Lipinski definition) is 8. The molecular weight excluding hydrogens is 454 g/mol. The molecule has 10 nitrogen and oxygen atoms in total. The van der Waals surface area contributed by atoms with Crippen molar-refractivity contribution < 1.29 is 33.4 Å². The number of benzene rings is 2.